The van der Waals surface area contributed by atoms with Gasteiger partial charge in [-0.3, -0.25) is 0 Å². The topological polar surface area (TPSA) is 93.9 Å². The number of alkyl halides is 3. The molecule has 152 valence electrons. The molecule has 0 aliphatic rings. The number of carbonyl (C=O) groups is 2. The average Bonchev–Trinajstić information content (AvgIpc) is 3.12. The van der Waals surface area contributed by atoms with Crippen LogP contribution in [-0.2, 0) is 22.2 Å². The minimum absolute atomic E-state index is 0.0488. The third kappa shape index (κ3) is 5.71. The van der Waals surface area contributed by atoms with Gasteiger partial charge < -0.3 is 24.1 Å². The van der Waals surface area contributed by atoms with Crippen LogP contribution in [0.1, 0.15) is 21.9 Å². The summed E-state index contributed by atoms with van der Waals surface area (Å²) >= 11 is 0. The van der Waals surface area contributed by atoms with E-state index in [0.29, 0.717) is 0 Å². The second-order valence-electron chi connectivity index (χ2n) is 5.54. The van der Waals surface area contributed by atoms with Gasteiger partial charge in [0, 0.05) is 19.3 Å². The highest BCUT2D eigenvalue weighted by atomic mass is 19.4. The molecule has 11 heteroatoms. The van der Waals surface area contributed by atoms with E-state index in [9.17, 15) is 22.8 Å². The van der Waals surface area contributed by atoms with E-state index in [1.165, 1.54) is 19.1 Å². The lowest BCUT2D eigenvalue weighted by molar-refractivity contribution is -0.137. The number of rotatable bonds is 7. The Morgan fingerprint density at radius 2 is 1.89 bits per heavy atom. The van der Waals surface area contributed by atoms with Crippen LogP contribution in [0.25, 0.3) is 0 Å². The number of carbonyl (C=O) groups excluding carboxylic acids is 2. The Kier molecular flexibility index (Phi) is 6.99. The number of nitrogens with zero attached hydrogens (tertiary/aromatic N) is 2. The molecule has 0 fully saturated rings. The van der Waals surface area contributed by atoms with Crippen molar-refractivity contribution in [3.05, 3.63) is 47.7 Å². The lowest BCUT2D eigenvalue weighted by atomic mass is 10.2. The van der Waals surface area contributed by atoms with Crippen LogP contribution in [-0.4, -0.2) is 49.3 Å². The standard InChI is InChI=1S/C17H18F3N3O5/c1-26-8-7-23(9-14-22-13(10-28-14)15(24)27-2)16(25)21-12-5-3-11(4-6-12)17(18,19)20/h3-6,10H,7-9H2,1-2H3,(H,21,25). The molecule has 0 atom stereocenters. The van der Waals surface area contributed by atoms with Crippen LogP contribution in [0.2, 0.25) is 0 Å². The largest absolute Gasteiger partial charge is 0.464 e. The van der Waals surface area contributed by atoms with Crippen molar-refractivity contribution in [3.63, 3.8) is 0 Å². The first-order valence-electron chi connectivity index (χ1n) is 7.99. The van der Waals surface area contributed by atoms with Gasteiger partial charge in [-0.15, -0.1) is 0 Å². The van der Waals surface area contributed by atoms with Gasteiger partial charge in [-0.05, 0) is 24.3 Å². The van der Waals surface area contributed by atoms with E-state index in [4.69, 9.17) is 9.15 Å². The highest BCUT2D eigenvalue weighted by Crippen LogP contribution is 2.29. The van der Waals surface area contributed by atoms with Gasteiger partial charge in [0.1, 0.15) is 6.26 Å². The molecule has 2 aromatic rings. The van der Waals surface area contributed by atoms with Crippen molar-refractivity contribution >= 4 is 17.7 Å². The SMILES string of the molecule is COCCN(Cc1nc(C(=O)OC)co1)C(=O)Nc1ccc(C(F)(F)F)cc1. The molecule has 0 saturated carbocycles. The van der Waals surface area contributed by atoms with Crippen LogP contribution in [0.4, 0.5) is 23.7 Å². The first kappa shape index (κ1) is 21.2. The molecule has 1 aromatic carbocycles. The smallest absolute Gasteiger partial charge is 0.416 e. The Morgan fingerprint density at radius 1 is 1.21 bits per heavy atom. The molecule has 0 spiro atoms. The fraction of sp³-hybridized carbons (Fsp3) is 0.353. The van der Waals surface area contributed by atoms with Crippen molar-refractivity contribution in [2.75, 3.05) is 32.7 Å². The van der Waals surface area contributed by atoms with Gasteiger partial charge in [-0.25, -0.2) is 14.6 Å². The summed E-state index contributed by atoms with van der Waals surface area (Å²) in [6, 6.07) is 3.43. The number of oxazole rings is 1. The number of halogens is 3. The lowest BCUT2D eigenvalue weighted by Gasteiger charge is -2.21. The molecule has 0 bridgehead atoms. The molecule has 0 aliphatic heterocycles. The maximum absolute atomic E-state index is 12.6. The highest BCUT2D eigenvalue weighted by molar-refractivity contribution is 5.89. The summed E-state index contributed by atoms with van der Waals surface area (Å²) in [4.78, 5) is 29.1. The molecule has 2 amide bonds. The number of benzene rings is 1. The second kappa shape index (κ2) is 9.22. The maximum atomic E-state index is 12.6. The highest BCUT2D eigenvalue weighted by Gasteiger charge is 2.30. The molecule has 1 heterocycles. The monoisotopic (exact) mass is 401 g/mol. The van der Waals surface area contributed by atoms with Crippen LogP contribution in [0.15, 0.2) is 34.9 Å². The molecule has 1 aromatic heterocycles. The fourth-order valence-electron chi connectivity index (χ4n) is 2.14. The van der Waals surface area contributed by atoms with Gasteiger partial charge in [-0.2, -0.15) is 13.2 Å². The van der Waals surface area contributed by atoms with Gasteiger partial charge in [0.25, 0.3) is 0 Å². The predicted octanol–water partition coefficient (Wildman–Crippen LogP) is 3.16. The molecule has 0 aliphatic carbocycles. The summed E-state index contributed by atoms with van der Waals surface area (Å²) in [6.07, 6.45) is -3.36. The van der Waals surface area contributed by atoms with E-state index in [1.54, 1.807) is 0 Å². The zero-order valence-electron chi connectivity index (χ0n) is 15.1. The van der Waals surface area contributed by atoms with Crippen molar-refractivity contribution in [3.8, 4) is 0 Å². The number of anilines is 1. The Labute approximate surface area is 158 Å². The van der Waals surface area contributed by atoms with Crippen molar-refractivity contribution in [2.24, 2.45) is 0 Å². The van der Waals surface area contributed by atoms with E-state index in [-0.39, 0.29) is 37.0 Å². The number of hydrogen-bond acceptors (Lipinski definition) is 6. The van der Waals surface area contributed by atoms with Crippen LogP contribution >= 0.6 is 0 Å². The molecule has 0 unspecified atom stereocenters. The van der Waals surface area contributed by atoms with E-state index < -0.39 is 23.7 Å². The minimum atomic E-state index is -4.46. The summed E-state index contributed by atoms with van der Waals surface area (Å²) in [6.45, 7) is 0.261. The normalized spacial score (nSPS) is 11.2. The van der Waals surface area contributed by atoms with Crippen LogP contribution < -0.4 is 5.32 Å². The van der Waals surface area contributed by atoms with E-state index >= 15 is 0 Å². The number of aromatic nitrogens is 1. The van der Waals surface area contributed by atoms with Crippen molar-refractivity contribution in [1.82, 2.24) is 9.88 Å². The Hall–Kier alpha value is -3.08. The van der Waals surface area contributed by atoms with Crippen molar-refractivity contribution in [2.45, 2.75) is 12.7 Å². The number of methoxy groups -OCH3 is 2. The maximum Gasteiger partial charge on any atom is 0.416 e. The summed E-state index contributed by atoms with van der Waals surface area (Å²) in [5.41, 5.74) is -0.688. The summed E-state index contributed by atoms with van der Waals surface area (Å²) < 4.78 is 52.5. The van der Waals surface area contributed by atoms with Crippen LogP contribution in [0.3, 0.4) is 0 Å². The van der Waals surface area contributed by atoms with Gasteiger partial charge in [0.15, 0.2) is 5.69 Å². The molecule has 2 rings (SSSR count). The van der Waals surface area contributed by atoms with Gasteiger partial charge in [0.2, 0.25) is 5.89 Å². The summed E-state index contributed by atoms with van der Waals surface area (Å²) in [5, 5.41) is 2.49. The Bertz CT molecular complexity index is 805. The fourth-order valence-corrected chi connectivity index (χ4v) is 2.14. The van der Waals surface area contributed by atoms with E-state index in [0.717, 1.165) is 30.5 Å². The molecule has 1 N–H and O–H groups in total. The zero-order valence-corrected chi connectivity index (χ0v) is 15.1. The third-order valence-corrected chi connectivity index (χ3v) is 3.59. The molecule has 0 saturated heterocycles. The molecule has 28 heavy (non-hydrogen) atoms. The average molecular weight is 401 g/mol. The van der Waals surface area contributed by atoms with E-state index in [2.05, 4.69) is 15.0 Å². The molecule has 8 nitrogen and oxygen atoms in total. The molecular formula is C17H18F3N3O5. The number of esters is 1. The summed E-state index contributed by atoms with van der Waals surface area (Å²) in [7, 11) is 2.64. The summed E-state index contributed by atoms with van der Waals surface area (Å²) in [5.74, 6) is -0.605. The van der Waals surface area contributed by atoms with Crippen molar-refractivity contribution in [1.29, 1.82) is 0 Å². The lowest BCUT2D eigenvalue weighted by Crippen LogP contribution is -2.37. The third-order valence-electron chi connectivity index (χ3n) is 3.59. The zero-order chi connectivity index (χ0) is 20.7. The second-order valence-corrected chi connectivity index (χ2v) is 5.54. The first-order valence-corrected chi connectivity index (χ1v) is 7.99. The van der Waals surface area contributed by atoms with Crippen molar-refractivity contribution < 1.29 is 36.7 Å². The Balaban J connectivity index is 2.08. The number of hydrogen-bond donors (Lipinski definition) is 1. The van der Waals surface area contributed by atoms with Gasteiger partial charge >= 0.3 is 18.2 Å². The first-order chi connectivity index (χ1) is 13.2. The molecular weight excluding hydrogens is 383 g/mol. The van der Waals surface area contributed by atoms with E-state index in [1.807, 2.05) is 0 Å². The van der Waals surface area contributed by atoms with Crippen LogP contribution in [0, 0.1) is 0 Å². The number of nitrogens with one attached hydrogen (secondary N) is 1. The number of urea groups is 1. The van der Waals surface area contributed by atoms with Gasteiger partial charge in [-0.1, -0.05) is 0 Å². The minimum Gasteiger partial charge on any atom is -0.464 e. The number of amides is 2. The van der Waals surface area contributed by atoms with Gasteiger partial charge in [0.05, 0.1) is 25.8 Å². The Morgan fingerprint density at radius 3 is 2.46 bits per heavy atom. The quantitative estimate of drug-likeness (QED) is 0.717. The predicted molar refractivity (Wildman–Crippen MR) is 90.6 cm³/mol. The van der Waals surface area contributed by atoms with Crippen LogP contribution in [0.5, 0.6) is 0 Å². The number of ether oxygens (including phenoxy) is 2. The molecule has 0 radical (unpaired) electrons.